The van der Waals surface area contributed by atoms with E-state index in [-0.39, 0.29) is 0 Å². The summed E-state index contributed by atoms with van der Waals surface area (Å²) in [5.74, 6) is 0. The zero-order chi connectivity index (χ0) is 25.5. The number of primary amides is 1. The third-order valence-corrected chi connectivity index (χ3v) is 6.98. The lowest BCUT2D eigenvalue weighted by molar-refractivity contribution is -0.198. The molecule has 0 rings (SSSR count). The van der Waals surface area contributed by atoms with Crippen molar-refractivity contribution in [2.24, 2.45) is 5.73 Å². The first-order valence-electron chi connectivity index (χ1n) is 14.4. The van der Waals surface area contributed by atoms with Crippen LogP contribution in [0, 0.1) is 0 Å². The van der Waals surface area contributed by atoms with Crippen LogP contribution in [0.5, 0.6) is 0 Å². The molecule has 0 heterocycles. The molecular formula is C28H57NO5. The van der Waals surface area contributed by atoms with Gasteiger partial charge in [0.1, 0.15) is 6.10 Å². The molecule has 0 saturated heterocycles. The summed E-state index contributed by atoms with van der Waals surface area (Å²) in [7, 11) is 0. The fourth-order valence-electron chi connectivity index (χ4n) is 4.71. The molecule has 0 fully saturated rings. The Hall–Kier alpha value is -0.850. The van der Waals surface area contributed by atoms with E-state index in [1.807, 2.05) is 0 Å². The Labute approximate surface area is 210 Å². The molecule has 204 valence electrons. The van der Waals surface area contributed by atoms with E-state index >= 15 is 0 Å². The zero-order valence-corrected chi connectivity index (χ0v) is 22.4. The van der Waals surface area contributed by atoms with Crippen molar-refractivity contribution in [3.8, 4) is 0 Å². The molecule has 6 nitrogen and oxygen atoms in total. The Morgan fingerprint density at radius 2 is 0.941 bits per heavy atom. The maximum Gasteiger partial charge on any atom is 0.406 e. The molecular weight excluding hydrogens is 430 g/mol. The Kier molecular flexibility index (Phi) is 22.0. The van der Waals surface area contributed by atoms with E-state index in [0.717, 1.165) is 38.5 Å². The first-order chi connectivity index (χ1) is 16.4. The Morgan fingerprint density at radius 1 is 0.647 bits per heavy atom. The average molecular weight is 488 g/mol. The molecule has 0 aliphatic carbocycles. The summed E-state index contributed by atoms with van der Waals surface area (Å²) in [6.07, 6.45) is 19.9. The van der Waals surface area contributed by atoms with Crippen molar-refractivity contribution in [2.45, 2.75) is 173 Å². The fourth-order valence-corrected chi connectivity index (χ4v) is 4.71. The molecule has 0 aliphatic heterocycles. The van der Waals surface area contributed by atoms with Crippen molar-refractivity contribution in [3.05, 3.63) is 0 Å². The van der Waals surface area contributed by atoms with E-state index in [0.29, 0.717) is 12.8 Å². The normalized spacial score (nSPS) is 13.7. The molecule has 1 amide bonds. The number of rotatable bonds is 25. The van der Waals surface area contributed by atoms with E-state index in [1.165, 1.54) is 89.9 Å². The second-order valence-corrected chi connectivity index (χ2v) is 10.2. The minimum Gasteiger partial charge on any atom is -0.417 e. The van der Waals surface area contributed by atoms with Gasteiger partial charge in [0, 0.05) is 0 Å². The van der Waals surface area contributed by atoms with Gasteiger partial charge in [-0.2, -0.15) is 0 Å². The predicted molar refractivity (Wildman–Crippen MR) is 141 cm³/mol. The van der Waals surface area contributed by atoms with Crippen LogP contribution in [0.15, 0.2) is 0 Å². The highest BCUT2D eigenvalue weighted by molar-refractivity contribution is 5.64. The highest BCUT2D eigenvalue weighted by Gasteiger charge is 2.40. The highest BCUT2D eigenvalue weighted by atomic mass is 16.7. The van der Waals surface area contributed by atoms with Gasteiger partial charge < -0.3 is 25.8 Å². The maximum atomic E-state index is 11.2. The first-order valence-corrected chi connectivity index (χ1v) is 14.4. The van der Waals surface area contributed by atoms with Crippen LogP contribution < -0.4 is 5.73 Å². The summed E-state index contributed by atoms with van der Waals surface area (Å²) in [6.45, 7) is 4.46. The van der Waals surface area contributed by atoms with Gasteiger partial charge in [0.15, 0.2) is 0 Å². The first kappa shape index (κ1) is 33.1. The molecule has 0 bridgehead atoms. The van der Waals surface area contributed by atoms with Crippen molar-refractivity contribution in [3.63, 3.8) is 0 Å². The zero-order valence-electron chi connectivity index (χ0n) is 22.4. The Balaban J connectivity index is 4.27. The number of nitrogens with two attached hydrogens (primary N) is 1. The molecule has 0 aromatic heterocycles. The van der Waals surface area contributed by atoms with Crippen LogP contribution in [-0.2, 0) is 4.74 Å². The molecule has 5 N–H and O–H groups in total. The molecule has 0 aromatic rings. The second kappa shape index (κ2) is 22.6. The summed E-state index contributed by atoms with van der Waals surface area (Å²) >= 11 is 0. The van der Waals surface area contributed by atoms with Gasteiger partial charge in [-0.1, -0.05) is 142 Å². The number of hydrogen-bond donors (Lipinski definition) is 4. The summed E-state index contributed by atoms with van der Waals surface area (Å²) in [6, 6.07) is 0. The van der Waals surface area contributed by atoms with E-state index in [1.54, 1.807) is 0 Å². The van der Waals surface area contributed by atoms with Gasteiger partial charge in [-0.3, -0.25) is 0 Å². The lowest BCUT2D eigenvalue weighted by Gasteiger charge is -2.35. The number of aliphatic hydroxyl groups excluding tert-OH is 2. The second-order valence-electron chi connectivity index (χ2n) is 10.2. The summed E-state index contributed by atoms with van der Waals surface area (Å²) in [5.41, 5.74) is 3.50. The predicted octanol–water partition coefficient (Wildman–Crippen LogP) is 7.11. The van der Waals surface area contributed by atoms with Crippen LogP contribution in [0.25, 0.3) is 0 Å². The van der Waals surface area contributed by atoms with Gasteiger partial charge >= 0.3 is 6.09 Å². The number of unbranched alkanes of at least 4 members (excludes halogenated alkanes) is 18. The number of carbonyl (C=O) groups is 1. The third kappa shape index (κ3) is 18.5. The minimum absolute atomic E-state index is 0.376. The Bertz CT molecular complexity index is 436. The van der Waals surface area contributed by atoms with Crippen molar-refractivity contribution >= 4 is 6.09 Å². The van der Waals surface area contributed by atoms with E-state index in [2.05, 4.69) is 18.6 Å². The van der Waals surface area contributed by atoms with Gasteiger partial charge in [0.05, 0.1) is 5.60 Å². The summed E-state index contributed by atoms with van der Waals surface area (Å²) < 4.78 is 4.54. The van der Waals surface area contributed by atoms with Crippen LogP contribution in [0.2, 0.25) is 0 Å². The van der Waals surface area contributed by atoms with Gasteiger partial charge in [0.25, 0.3) is 0 Å². The Morgan fingerprint density at radius 3 is 1.24 bits per heavy atom. The average Bonchev–Trinajstić information content (AvgIpc) is 2.80. The molecule has 0 spiro atoms. The number of carbonyl (C=O) groups excluding carboxylic acids is 1. The molecule has 6 heteroatoms. The maximum absolute atomic E-state index is 11.2. The van der Waals surface area contributed by atoms with Crippen molar-refractivity contribution in [1.82, 2.24) is 0 Å². The van der Waals surface area contributed by atoms with Crippen LogP contribution in [0.3, 0.4) is 0 Å². The number of hydrogen-bond acceptors (Lipinski definition) is 5. The molecule has 0 radical (unpaired) electrons. The summed E-state index contributed by atoms with van der Waals surface area (Å²) in [5, 5.41) is 31.7. The van der Waals surface area contributed by atoms with Gasteiger partial charge in [0.2, 0.25) is 6.29 Å². The van der Waals surface area contributed by atoms with Gasteiger partial charge in [-0.05, 0) is 12.8 Å². The van der Waals surface area contributed by atoms with E-state index in [4.69, 9.17) is 5.73 Å². The monoisotopic (exact) mass is 487 g/mol. The smallest absolute Gasteiger partial charge is 0.406 e. The quantitative estimate of drug-likeness (QED) is 0.0809. The van der Waals surface area contributed by atoms with Gasteiger partial charge in [-0.15, -0.1) is 0 Å². The van der Waals surface area contributed by atoms with Crippen molar-refractivity contribution in [2.75, 3.05) is 0 Å². The molecule has 34 heavy (non-hydrogen) atoms. The molecule has 0 saturated carbocycles. The molecule has 0 aromatic carbocycles. The largest absolute Gasteiger partial charge is 0.417 e. The van der Waals surface area contributed by atoms with E-state index in [9.17, 15) is 20.1 Å². The van der Waals surface area contributed by atoms with Gasteiger partial charge in [-0.25, -0.2) is 4.79 Å². The van der Waals surface area contributed by atoms with E-state index < -0.39 is 24.1 Å². The van der Waals surface area contributed by atoms with Crippen molar-refractivity contribution < 1.29 is 24.9 Å². The standard InChI is InChI=1S/C28H57NO5/c1-3-5-7-9-11-13-15-17-19-21-23-28(33,25(30)26(31)34-27(29)32)24-22-20-18-16-14-12-10-8-6-4-2/h25-26,30-31,33H,3-24H2,1-2H3,(H2,29,32). The van der Waals surface area contributed by atoms with Crippen molar-refractivity contribution in [1.29, 1.82) is 0 Å². The lowest BCUT2D eigenvalue weighted by Crippen LogP contribution is -2.51. The van der Waals surface area contributed by atoms with Crippen LogP contribution in [0.1, 0.15) is 155 Å². The number of aliphatic hydroxyl groups is 3. The third-order valence-electron chi connectivity index (χ3n) is 6.98. The highest BCUT2D eigenvalue weighted by Crippen LogP contribution is 2.29. The topological polar surface area (TPSA) is 113 Å². The SMILES string of the molecule is CCCCCCCCCCCCC(O)(CCCCCCCCCCCC)C(O)C(O)OC(N)=O. The minimum atomic E-state index is -1.81. The number of ether oxygens (including phenoxy) is 1. The lowest BCUT2D eigenvalue weighted by atomic mass is 9.84. The molecule has 0 aliphatic rings. The molecule has 2 atom stereocenters. The fraction of sp³-hybridized carbons (Fsp3) is 0.964. The summed E-state index contributed by atoms with van der Waals surface area (Å²) in [4.78, 5) is 11.0. The number of amides is 1. The molecule has 2 unspecified atom stereocenters. The van der Waals surface area contributed by atoms with Crippen LogP contribution >= 0.6 is 0 Å². The van der Waals surface area contributed by atoms with Crippen LogP contribution in [-0.4, -0.2) is 39.4 Å². The van der Waals surface area contributed by atoms with Crippen LogP contribution in [0.4, 0.5) is 4.79 Å².